The number of amides is 3. The van der Waals surface area contributed by atoms with Crippen molar-refractivity contribution < 1.29 is 14.4 Å². The average molecular weight is 433 g/mol. The molecule has 0 saturated carbocycles. The topological polar surface area (TPSA) is 102 Å². The molecule has 3 rings (SSSR count). The van der Waals surface area contributed by atoms with Crippen LogP contribution in [0.3, 0.4) is 0 Å². The molecule has 1 fully saturated rings. The Hall–Kier alpha value is -3.83. The Labute approximate surface area is 185 Å². The van der Waals surface area contributed by atoms with Crippen LogP contribution in [0, 0.1) is 38.0 Å². The lowest BCUT2D eigenvalue weighted by molar-refractivity contribution is -0.131. The number of carbonyl (C=O) groups is 3. The third-order valence-corrected chi connectivity index (χ3v) is 5.33. The van der Waals surface area contributed by atoms with Gasteiger partial charge in [0, 0.05) is 5.69 Å². The van der Waals surface area contributed by atoms with Crippen LogP contribution >= 0.6 is 12.2 Å². The van der Waals surface area contributed by atoms with E-state index in [-0.39, 0.29) is 10.7 Å². The van der Waals surface area contributed by atoms with Crippen molar-refractivity contribution in [2.24, 2.45) is 5.92 Å². The van der Waals surface area contributed by atoms with Gasteiger partial charge < -0.3 is 10.6 Å². The predicted molar refractivity (Wildman–Crippen MR) is 121 cm³/mol. The van der Waals surface area contributed by atoms with Gasteiger partial charge in [-0.2, -0.15) is 5.26 Å². The molecule has 2 aromatic rings. The highest BCUT2D eigenvalue weighted by atomic mass is 32.1. The van der Waals surface area contributed by atoms with Gasteiger partial charge in [0.1, 0.15) is 17.6 Å². The Morgan fingerprint density at radius 1 is 1.13 bits per heavy atom. The lowest BCUT2D eigenvalue weighted by atomic mass is 10.00. The second kappa shape index (κ2) is 8.90. The number of nitrogens with zero attached hydrogens (tertiary/aromatic N) is 2. The predicted octanol–water partition coefficient (Wildman–Crippen LogP) is 3.06. The van der Waals surface area contributed by atoms with Crippen molar-refractivity contribution >= 4 is 46.4 Å². The van der Waals surface area contributed by atoms with E-state index in [1.807, 2.05) is 39.0 Å². The summed E-state index contributed by atoms with van der Waals surface area (Å²) in [6, 6.07) is 14.2. The Kier molecular flexibility index (Phi) is 6.28. The van der Waals surface area contributed by atoms with E-state index in [0.717, 1.165) is 22.8 Å². The maximum Gasteiger partial charge on any atom is 0.266 e. The number of hydrogen-bond donors (Lipinski definition) is 2. The van der Waals surface area contributed by atoms with Crippen LogP contribution in [-0.2, 0) is 14.4 Å². The normalized spacial score (nSPS) is 16.6. The van der Waals surface area contributed by atoms with Gasteiger partial charge in [-0.15, -0.1) is 0 Å². The van der Waals surface area contributed by atoms with Crippen LogP contribution in [0.2, 0.25) is 0 Å². The third-order valence-electron chi connectivity index (χ3n) is 5.04. The molecule has 8 heteroatoms. The minimum Gasteiger partial charge on any atom is -0.321 e. The van der Waals surface area contributed by atoms with Crippen molar-refractivity contribution in [3.05, 3.63) is 70.8 Å². The Balaban J connectivity index is 1.92. The molecule has 2 N–H and O–H groups in total. The van der Waals surface area contributed by atoms with Crippen molar-refractivity contribution in [1.29, 1.82) is 5.26 Å². The molecule has 0 spiro atoms. The molecule has 1 heterocycles. The van der Waals surface area contributed by atoms with E-state index in [1.54, 1.807) is 30.3 Å². The SMILES string of the molecule is Cc1ccc(N2C(=O)[C@H](/C=C(\C#N)C(=O)Nc3ccccc3C)C(=O)NC2=S)cc1C. The summed E-state index contributed by atoms with van der Waals surface area (Å²) in [4.78, 5) is 39.4. The molecule has 0 bridgehead atoms. The lowest BCUT2D eigenvalue weighted by Gasteiger charge is -2.31. The molecule has 0 aliphatic carbocycles. The van der Waals surface area contributed by atoms with Gasteiger partial charge in [0.25, 0.3) is 5.91 Å². The van der Waals surface area contributed by atoms with E-state index < -0.39 is 23.6 Å². The number of thiocarbonyl (C=S) groups is 1. The first kappa shape index (κ1) is 21.9. The minimum absolute atomic E-state index is 0.0502. The fourth-order valence-corrected chi connectivity index (χ4v) is 3.38. The van der Waals surface area contributed by atoms with Crippen LogP contribution in [-0.4, -0.2) is 22.8 Å². The second-order valence-electron chi connectivity index (χ2n) is 7.18. The number of anilines is 2. The lowest BCUT2D eigenvalue weighted by Crippen LogP contribution is -2.57. The number of benzene rings is 2. The molecule has 1 aliphatic rings. The highest BCUT2D eigenvalue weighted by Gasteiger charge is 2.39. The quantitative estimate of drug-likeness (QED) is 0.335. The van der Waals surface area contributed by atoms with Gasteiger partial charge in [-0.3, -0.25) is 19.3 Å². The van der Waals surface area contributed by atoms with Gasteiger partial charge in [0.05, 0.1) is 5.69 Å². The highest BCUT2D eigenvalue weighted by Crippen LogP contribution is 2.25. The second-order valence-corrected chi connectivity index (χ2v) is 7.56. The first-order chi connectivity index (χ1) is 14.7. The van der Waals surface area contributed by atoms with Gasteiger partial charge >= 0.3 is 0 Å². The van der Waals surface area contributed by atoms with E-state index in [4.69, 9.17) is 12.2 Å². The van der Waals surface area contributed by atoms with E-state index in [1.165, 1.54) is 4.90 Å². The Morgan fingerprint density at radius 2 is 1.84 bits per heavy atom. The molecule has 7 nitrogen and oxygen atoms in total. The van der Waals surface area contributed by atoms with Crippen molar-refractivity contribution in [3.8, 4) is 6.07 Å². The zero-order valence-electron chi connectivity index (χ0n) is 17.2. The van der Waals surface area contributed by atoms with E-state index in [0.29, 0.717) is 11.4 Å². The zero-order chi connectivity index (χ0) is 22.7. The highest BCUT2D eigenvalue weighted by molar-refractivity contribution is 7.80. The first-order valence-corrected chi connectivity index (χ1v) is 9.88. The van der Waals surface area contributed by atoms with Crippen molar-refractivity contribution in [3.63, 3.8) is 0 Å². The molecule has 1 atom stereocenters. The van der Waals surface area contributed by atoms with Crippen molar-refractivity contribution in [2.45, 2.75) is 20.8 Å². The molecule has 3 amide bonds. The van der Waals surface area contributed by atoms with Gasteiger partial charge in [-0.05, 0) is 74.0 Å². The summed E-state index contributed by atoms with van der Waals surface area (Å²) in [5.41, 5.74) is 3.49. The van der Waals surface area contributed by atoms with Crippen LogP contribution in [0.4, 0.5) is 11.4 Å². The van der Waals surface area contributed by atoms with E-state index in [9.17, 15) is 19.6 Å². The molecule has 2 aromatic carbocycles. The largest absolute Gasteiger partial charge is 0.321 e. The van der Waals surface area contributed by atoms with Crippen LogP contribution < -0.4 is 15.5 Å². The summed E-state index contributed by atoms with van der Waals surface area (Å²) in [6.07, 6.45) is 1.07. The monoisotopic (exact) mass is 432 g/mol. The molecule has 0 aromatic heterocycles. The van der Waals surface area contributed by atoms with E-state index >= 15 is 0 Å². The summed E-state index contributed by atoms with van der Waals surface area (Å²) < 4.78 is 0. The number of hydrogen-bond acceptors (Lipinski definition) is 5. The van der Waals surface area contributed by atoms with Gasteiger partial charge in [0.2, 0.25) is 11.8 Å². The molecular formula is C23H20N4O3S. The molecular weight excluding hydrogens is 412 g/mol. The summed E-state index contributed by atoms with van der Waals surface area (Å²) >= 11 is 5.20. The number of carbonyl (C=O) groups excluding carboxylic acids is 3. The zero-order valence-corrected chi connectivity index (χ0v) is 18.0. The van der Waals surface area contributed by atoms with Crippen LogP contribution in [0.15, 0.2) is 54.1 Å². The van der Waals surface area contributed by atoms with E-state index in [2.05, 4.69) is 10.6 Å². The number of rotatable bonds is 4. The number of aryl methyl sites for hydroxylation is 3. The van der Waals surface area contributed by atoms with Gasteiger partial charge in [-0.25, -0.2) is 0 Å². The first-order valence-electron chi connectivity index (χ1n) is 9.48. The maximum absolute atomic E-state index is 13.1. The molecule has 0 unspecified atom stereocenters. The average Bonchev–Trinajstić information content (AvgIpc) is 2.72. The molecule has 1 saturated heterocycles. The fourth-order valence-electron chi connectivity index (χ4n) is 3.08. The Morgan fingerprint density at radius 3 is 2.48 bits per heavy atom. The number of nitrogens with one attached hydrogen (secondary N) is 2. The Bertz CT molecular complexity index is 1180. The van der Waals surface area contributed by atoms with Crippen LogP contribution in [0.25, 0.3) is 0 Å². The molecule has 0 radical (unpaired) electrons. The van der Waals surface area contributed by atoms with Gasteiger partial charge in [-0.1, -0.05) is 24.3 Å². The summed E-state index contributed by atoms with van der Waals surface area (Å²) in [5, 5.41) is 14.6. The standard InChI is InChI=1S/C23H20N4O3S/c1-13-8-9-17(10-15(13)3)27-22(30)18(21(29)26-23(27)31)11-16(12-24)20(28)25-19-7-5-4-6-14(19)2/h4-11,18H,1-3H3,(H,25,28)(H,26,29,31)/b16-11+/t18-/m1/s1. The third kappa shape index (κ3) is 4.52. The smallest absolute Gasteiger partial charge is 0.266 e. The number of nitriles is 1. The van der Waals surface area contributed by atoms with Crippen molar-refractivity contribution in [1.82, 2.24) is 5.32 Å². The molecule has 156 valence electrons. The molecule has 31 heavy (non-hydrogen) atoms. The maximum atomic E-state index is 13.1. The number of para-hydroxylation sites is 1. The van der Waals surface area contributed by atoms with Crippen LogP contribution in [0.1, 0.15) is 16.7 Å². The van der Waals surface area contributed by atoms with Crippen LogP contribution in [0.5, 0.6) is 0 Å². The fraction of sp³-hybridized carbons (Fsp3) is 0.174. The van der Waals surface area contributed by atoms with Gasteiger partial charge in [0.15, 0.2) is 5.11 Å². The molecule has 1 aliphatic heterocycles. The summed E-state index contributed by atoms with van der Waals surface area (Å²) in [6.45, 7) is 5.65. The van der Waals surface area contributed by atoms with Crippen molar-refractivity contribution in [2.75, 3.05) is 10.2 Å². The summed E-state index contributed by atoms with van der Waals surface area (Å²) in [5.74, 6) is -3.39. The minimum atomic E-state index is -1.37. The summed E-state index contributed by atoms with van der Waals surface area (Å²) in [7, 11) is 0.